The van der Waals surface area contributed by atoms with Gasteiger partial charge < -0.3 is 5.32 Å². The highest BCUT2D eigenvalue weighted by molar-refractivity contribution is 6.35. The van der Waals surface area contributed by atoms with Crippen molar-refractivity contribution in [1.82, 2.24) is 4.90 Å². The van der Waals surface area contributed by atoms with Gasteiger partial charge >= 0.3 is 0 Å². The van der Waals surface area contributed by atoms with Crippen molar-refractivity contribution >= 4 is 34.8 Å². The molecule has 0 aliphatic rings. The maximum Gasteiger partial charge on any atom is 0.238 e. The van der Waals surface area contributed by atoms with Gasteiger partial charge in [-0.25, -0.2) is 0 Å². The van der Waals surface area contributed by atoms with Crippen molar-refractivity contribution in [3.8, 4) is 0 Å². The second-order valence-electron chi connectivity index (χ2n) is 5.67. The Hall–Kier alpha value is -1.55. The van der Waals surface area contributed by atoms with Gasteiger partial charge in [0.1, 0.15) is 0 Å². The smallest absolute Gasteiger partial charge is 0.238 e. The van der Waals surface area contributed by atoms with E-state index in [1.165, 1.54) is 11.1 Å². The van der Waals surface area contributed by atoms with Gasteiger partial charge in [-0.05, 0) is 44.7 Å². The Balaban J connectivity index is 1.99. The lowest BCUT2D eigenvalue weighted by Crippen LogP contribution is -2.32. The average Bonchev–Trinajstić information content (AvgIpc) is 2.51. The lowest BCUT2D eigenvalue weighted by molar-refractivity contribution is -0.117. The van der Waals surface area contributed by atoms with E-state index in [4.69, 9.17) is 23.2 Å². The number of nitrogens with zero attached hydrogens (tertiary/aromatic N) is 1. The van der Waals surface area contributed by atoms with Crippen LogP contribution in [0.3, 0.4) is 0 Å². The minimum absolute atomic E-state index is 0.129. The summed E-state index contributed by atoms with van der Waals surface area (Å²) in [5.41, 5.74) is 2.92. The van der Waals surface area contributed by atoms with E-state index in [0.29, 0.717) is 15.7 Å². The Morgan fingerprint density at radius 1 is 1.17 bits per heavy atom. The minimum Gasteiger partial charge on any atom is -0.324 e. The van der Waals surface area contributed by atoms with Crippen molar-refractivity contribution in [1.29, 1.82) is 0 Å². The Morgan fingerprint density at radius 3 is 2.48 bits per heavy atom. The summed E-state index contributed by atoms with van der Waals surface area (Å²) in [6.45, 7) is 4.39. The maximum atomic E-state index is 12.2. The fourth-order valence-corrected chi connectivity index (χ4v) is 2.58. The molecule has 0 aliphatic carbocycles. The highest BCUT2D eigenvalue weighted by Gasteiger charge is 2.15. The highest BCUT2D eigenvalue weighted by atomic mass is 35.5. The third-order valence-corrected chi connectivity index (χ3v) is 4.38. The molecule has 2 aromatic carbocycles. The molecule has 23 heavy (non-hydrogen) atoms. The molecular formula is C18H20Cl2N2O. The number of hydrogen-bond donors (Lipinski definition) is 1. The van der Waals surface area contributed by atoms with E-state index in [0.717, 1.165) is 0 Å². The second kappa shape index (κ2) is 7.82. The van der Waals surface area contributed by atoms with Crippen LogP contribution in [-0.2, 0) is 4.79 Å². The van der Waals surface area contributed by atoms with Gasteiger partial charge in [0.25, 0.3) is 0 Å². The molecule has 0 fully saturated rings. The third-order valence-electron chi connectivity index (χ3n) is 3.82. The van der Waals surface area contributed by atoms with Crippen LogP contribution in [0.2, 0.25) is 10.0 Å². The zero-order valence-electron chi connectivity index (χ0n) is 13.4. The van der Waals surface area contributed by atoms with Crippen molar-refractivity contribution in [2.45, 2.75) is 19.9 Å². The largest absolute Gasteiger partial charge is 0.324 e. The second-order valence-corrected chi connectivity index (χ2v) is 6.52. The molecule has 2 aromatic rings. The van der Waals surface area contributed by atoms with Crippen LogP contribution in [0.1, 0.15) is 24.1 Å². The van der Waals surface area contributed by atoms with Crippen molar-refractivity contribution in [3.05, 3.63) is 63.6 Å². The predicted molar refractivity (Wildman–Crippen MR) is 97.3 cm³/mol. The molecule has 0 bridgehead atoms. The number of aryl methyl sites for hydroxylation is 1. The Bertz CT molecular complexity index is 686. The van der Waals surface area contributed by atoms with Crippen molar-refractivity contribution in [2.75, 3.05) is 18.9 Å². The lowest BCUT2D eigenvalue weighted by Gasteiger charge is -2.24. The van der Waals surface area contributed by atoms with E-state index < -0.39 is 0 Å². The number of nitrogens with one attached hydrogen (secondary N) is 1. The Labute approximate surface area is 147 Å². The molecule has 1 unspecified atom stereocenters. The number of carbonyl (C=O) groups excluding carboxylic acids is 1. The summed E-state index contributed by atoms with van der Waals surface area (Å²) in [6.07, 6.45) is 0. The van der Waals surface area contributed by atoms with Crippen LogP contribution in [0.4, 0.5) is 5.69 Å². The summed E-state index contributed by atoms with van der Waals surface area (Å²) >= 11 is 12.0. The van der Waals surface area contributed by atoms with Gasteiger partial charge in [-0.1, -0.05) is 53.0 Å². The molecule has 0 radical (unpaired) electrons. The lowest BCUT2D eigenvalue weighted by atomic mass is 10.1. The third kappa shape index (κ3) is 4.96. The molecular weight excluding hydrogens is 331 g/mol. The van der Waals surface area contributed by atoms with E-state index in [9.17, 15) is 4.79 Å². The summed E-state index contributed by atoms with van der Waals surface area (Å²) in [5, 5.41) is 3.80. The highest BCUT2D eigenvalue weighted by Crippen LogP contribution is 2.25. The first kappa shape index (κ1) is 17.8. The van der Waals surface area contributed by atoms with E-state index in [1.54, 1.807) is 18.2 Å². The number of likely N-dealkylation sites (N-methyl/N-ethyl adjacent to an activating group) is 1. The molecule has 0 saturated heterocycles. The molecule has 1 amide bonds. The van der Waals surface area contributed by atoms with Crippen LogP contribution in [0.25, 0.3) is 0 Å². The molecule has 0 aromatic heterocycles. The summed E-state index contributed by atoms with van der Waals surface area (Å²) in [6, 6.07) is 13.5. The van der Waals surface area contributed by atoms with Gasteiger partial charge in [0, 0.05) is 11.1 Å². The molecule has 3 nitrogen and oxygen atoms in total. The standard InChI is InChI=1S/C18H20Cl2N2O/c1-12-4-6-14(7-5-12)13(2)22(3)11-18(23)21-17-10-15(19)8-9-16(17)20/h4-10,13H,11H2,1-3H3,(H,21,23). The molecule has 0 aliphatic heterocycles. The summed E-state index contributed by atoms with van der Waals surface area (Å²) in [7, 11) is 1.92. The number of carbonyl (C=O) groups is 1. The van der Waals surface area contributed by atoms with Gasteiger partial charge in [0.2, 0.25) is 5.91 Å². The Kier molecular flexibility index (Phi) is 6.05. The van der Waals surface area contributed by atoms with Gasteiger partial charge in [0.05, 0.1) is 17.3 Å². The van der Waals surface area contributed by atoms with E-state index in [1.807, 2.05) is 11.9 Å². The summed E-state index contributed by atoms with van der Waals surface area (Å²) in [5.74, 6) is -0.129. The maximum absolute atomic E-state index is 12.2. The van der Waals surface area contributed by atoms with Crippen molar-refractivity contribution in [2.24, 2.45) is 0 Å². The number of anilines is 1. The fourth-order valence-electron chi connectivity index (χ4n) is 2.25. The summed E-state index contributed by atoms with van der Waals surface area (Å²) < 4.78 is 0. The quantitative estimate of drug-likeness (QED) is 0.828. The molecule has 0 saturated carbocycles. The van der Waals surface area contributed by atoms with Crippen LogP contribution < -0.4 is 5.32 Å². The van der Waals surface area contributed by atoms with E-state index in [2.05, 4.69) is 43.4 Å². The molecule has 2 rings (SSSR count). The molecule has 1 atom stereocenters. The first-order valence-corrected chi connectivity index (χ1v) is 8.14. The topological polar surface area (TPSA) is 32.3 Å². The molecule has 5 heteroatoms. The molecule has 1 N–H and O–H groups in total. The first-order chi connectivity index (χ1) is 10.9. The van der Waals surface area contributed by atoms with Crippen LogP contribution in [0, 0.1) is 6.92 Å². The van der Waals surface area contributed by atoms with Crippen LogP contribution in [-0.4, -0.2) is 24.4 Å². The molecule has 0 heterocycles. The zero-order valence-corrected chi connectivity index (χ0v) is 14.9. The van der Waals surface area contributed by atoms with Gasteiger partial charge in [-0.3, -0.25) is 9.69 Å². The number of rotatable bonds is 5. The molecule has 122 valence electrons. The number of halogens is 2. The Morgan fingerprint density at radius 2 is 1.83 bits per heavy atom. The van der Waals surface area contributed by atoms with Gasteiger partial charge in [0.15, 0.2) is 0 Å². The normalized spacial score (nSPS) is 12.3. The zero-order chi connectivity index (χ0) is 17.0. The van der Waals surface area contributed by atoms with Crippen molar-refractivity contribution < 1.29 is 4.79 Å². The molecule has 0 spiro atoms. The SMILES string of the molecule is Cc1ccc(C(C)N(C)CC(=O)Nc2cc(Cl)ccc2Cl)cc1. The van der Waals surface area contributed by atoms with Gasteiger partial charge in [-0.2, -0.15) is 0 Å². The van der Waals surface area contributed by atoms with Crippen LogP contribution in [0.15, 0.2) is 42.5 Å². The number of amides is 1. The predicted octanol–water partition coefficient (Wildman–Crippen LogP) is 4.93. The van der Waals surface area contributed by atoms with E-state index >= 15 is 0 Å². The van der Waals surface area contributed by atoms with E-state index in [-0.39, 0.29) is 18.5 Å². The minimum atomic E-state index is -0.129. The summed E-state index contributed by atoms with van der Waals surface area (Å²) in [4.78, 5) is 14.2. The number of hydrogen-bond acceptors (Lipinski definition) is 2. The monoisotopic (exact) mass is 350 g/mol. The van der Waals surface area contributed by atoms with Crippen LogP contribution in [0.5, 0.6) is 0 Å². The van der Waals surface area contributed by atoms with Crippen molar-refractivity contribution in [3.63, 3.8) is 0 Å². The number of benzene rings is 2. The van der Waals surface area contributed by atoms with Gasteiger partial charge in [-0.15, -0.1) is 0 Å². The average molecular weight is 351 g/mol. The van der Waals surface area contributed by atoms with Crippen LogP contribution >= 0.6 is 23.2 Å². The first-order valence-electron chi connectivity index (χ1n) is 7.38. The fraction of sp³-hybridized carbons (Fsp3) is 0.278.